The molecule has 0 spiro atoms. The number of oxime groups is 1. The largest absolute Gasteiger partial charge is 0.379 e. The maximum Gasteiger partial charge on any atom is 0.216 e. The van der Waals surface area contributed by atoms with Crippen LogP contribution in [0.25, 0.3) is 0 Å². The molecule has 18 heavy (non-hydrogen) atoms. The van der Waals surface area contributed by atoms with Gasteiger partial charge < -0.3 is 15.1 Å². The van der Waals surface area contributed by atoms with Gasteiger partial charge in [-0.1, -0.05) is 12.1 Å². The van der Waals surface area contributed by atoms with Crippen molar-refractivity contribution < 1.29 is 18.0 Å². The van der Waals surface area contributed by atoms with Crippen molar-refractivity contribution in [3.05, 3.63) is 35.1 Å². The molecule has 0 aromatic heterocycles. The van der Waals surface area contributed by atoms with Crippen LogP contribution in [0.3, 0.4) is 0 Å². The van der Waals surface area contributed by atoms with Crippen LogP contribution in [0.2, 0.25) is 0 Å². The highest BCUT2D eigenvalue weighted by Crippen LogP contribution is 2.14. The average Bonchev–Trinajstić information content (AvgIpc) is 2.34. The summed E-state index contributed by atoms with van der Waals surface area (Å²) < 4.78 is 32.0. The number of rotatable bonds is 6. The quantitative estimate of drug-likeness (QED) is 0.468. The zero-order chi connectivity index (χ0) is 13.5. The smallest absolute Gasteiger partial charge is 0.216 e. The Labute approximate surface area is 107 Å². The molecular formula is C11H15FN2O3S. The van der Waals surface area contributed by atoms with E-state index in [-0.39, 0.29) is 12.4 Å². The highest BCUT2D eigenvalue weighted by Gasteiger charge is 2.09. The minimum Gasteiger partial charge on any atom is -0.379 e. The fourth-order valence-electron chi connectivity index (χ4n) is 1.47. The van der Waals surface area contributed by atoms with E-state index in [1.165, 1.54) is 12.1 Å². The van der Waals surface area contributed by atoms with Gasteiger partial charge in [-0.2, -0.15) is 0 Å². The lowest BCUT2D eigenvalue weighted by molar-refractivity contribution is 0.188. The van der Waals surface area contributed by atoms with Crippen LogP contribution >= 0.6 is 0 Å². The summed E-state index contributed by atoms with van der Waals surface area (Å²) in [5.74, 6) is -0.769. The van der Waals surface area contributed by atoms with Crippen LogP contribution in [-0.4, -0.2) is 20.4 Å². The van der Waals surface area contributed by atoms with Crippen LogP contribution in [0.1, 0.15) is 24.5 Å². The Morgan fingerprint density at radius 2 is 2.33 bits per heavy atom. The number of nitrogens with two attached hydrogens (primary N) is 1. The number of hydrogen-bond donors (Lipinski definition) is 2. The molecule has 1 unspecified atom stereocenters. The predicted octanol–water partition coefficient (Wildman–Crippen LogP) is 1.59. The Hall–Kier alpha value is -1.31. The first kappa shape index (κ1) is 14.7. The van der Waals surface area contributed by atoms with Crippen molar-refractivity contribution in [2.24, 2.45) is 10.9 Å². The van der Waals surface area contributed by atoms with E-state index in [0.29, 0.717) is 23.3 Å². The van der Waals surface area contributed by atoms with Crippen molar-refractivity contribution in [3.63, 3.8) is 0 Å². The molecule has 0 bridgehead atoms. The van der Waals surface area contributed by atoms with Crippen molar-refractivity contribution in [3.8, 4) is 0 Å². The van der Waals surface area contributed by atoms with Crippen LogP contribution in [0.15, 0.2) is 23.4 Å². The lowest BCUT2D eigenvalue weighted by atomic mass is 10.0. The van der Waals surface area contributed by atoms with Gasteiger partial charge in [0.25, 0.3) is 0 Å². The van der Waals surface area contributed by atoms with Gasteiger partial charge in [0.2, 0.25) is 5.94 Å². The monoisotopic (exact) mass is 274 g/mol. The van der Waals surface area contributed by atoms with E-state index in [4.69, 9.17) is 15.1 Å². The van der Waals surface area contributed by atoms with E-state index < -0.39 is 17.0 Å². The second-order valence-corrected chi connectivity index (χ2v) is 4.34. The van der Waals surface area contributed by atoms with E-state index in [0.717, 1.165) is 0 Å². The van der Waals surface area contributed by atoms with Crippen LogP contribution in [-0.2, 0) is 22.5 Å². The van der Waals surface area contributed by atoms with Gasteiger partial charge in [-0.3, -0.25) is 0 Å². The predicted molar refractivity (Wildman–Crippen MR) is 67.8 cm³/mol. The molecule has 0 aliphatic heterocycles. The maximum absolute atomic E-state index is 13.1. The molecule has 0 heterocycles. The molecule has 100 valence electrons. The molecule has 5 nitrogen and oxygen atoms in total. The Balaban J connectivity index is 2.97. The van der Waals surface area contributed by atoms with Crippen molar-refractivity contribution in [2.45, 2.75) is 19.9 Å². The molecular weight excluding hydrogens is 259 g/mol. The summed E-state index contributed by atoms with van der Waals surface area (Å²) in [5, 5.41) is 3.78. The molecule has 0 aliphatic rings. The minimum absolute atomic E-state index is 0.179. The van der Waals surface area contributed by atoms with E-state index in [1.807, 2.05) is 6.92 Å². The molecule has 1 rings (SSSR count). The first-order valence-corrected chi connectivity index (χ1v) is 6.61. The minimum atomic E-state index is -2.07. The number of halogens is 1. The third kappa shape index (κ3) is 4.17. The zero-order valence-electron chi connectivity index (χ0n) is 9.93. The van der Waals surface area contributed by atoms with Gasteiger partial charge in [0.05, 0.1) is 5.71 Å². The Morgan fingerprint density at radius 1 is 1.61 bits per heavy atom. The van der Waals surface area contributed by atoms with Crippen molar-refractivity contribution in [2.75, 3.05) is 5.94 Å². The van der Waals surface area contributed by atoms with Gasteiger partial charge in [0, 0.05) is 12.1 Å². The van der Waals surface area contributed by atoms with Gasteiger partial charge in [0.1, 0.15) is 5.82 Å². The van der Waals surface area contributed by atoms with Crippen molar-refractivity contribution in [1.29, 1.82) is 0 Å². The lowest BCUT2D eigenvalue weighted by Gasteiger charge is -2.09. The Morgan fingerprint density at radius 3 is 2.89 bits per heavy atom. The molecule has 0 fully saturated rings. The highest BCUT2D eigenvalue weighted by atomic mass is 32.2. The molecule has 1 aromatic carbocycles. The summed E-state index contributed by atoms with van der Waals surface area (Å²) in [6.07, 6.45) is 0.538. The van der Waals surface area contributed by atoms with Crippen LogP contribution in [0, 0.1) is 5.82 Å². The molecule has 1 atom stereocenters. The van der Waals surface area contributed by atoms with Crippen LogP contribution < -0.4 is 5.73 Å². The van der Waals surface area contributed by atoms with Gasteiger partial charge in [-0.05, 0) is 30.2 Å². The molecule has 0 saturated heterocycles. The number of nitrogens with zero attached hydrogens (tertiary/aromatic N) is 1. The zero-order valence-corrected chi connectivity index (χ0v) is 10.7. The maximum atomic E-state index is 13.1. The Kier molecular flexibility index (Phi) is 5.90. The summed E-state index contributed by atoms with van der Waals surface area (Å²) in [6, 6.07) is 4.22. The summed E-state index contributed by atoms with van der Waals surface area (Å²) in [7, 11) is 0. The van der Waals surface area contributed by atoms with Gasteiger partial charge in [-0.15, -0.1) is 0 Å². The van der Waals surface area contributed by atoms with Crippen molar-refractivity contribution in [1.82, 2.24) is 0 Å². The lowest BCUT2D eigenvalue weighted by Crippen LogP contribution is -2.09. The molecule has 1 aromatic rings. The van der Waals surface area contributed by atoms with E-state index in [1.54, 1.807) is 6.07 Å². The second kappa shape index (κ2) is 7.20. The van der Waals surface area contributed by atoms with Crippen molar-refractivity contribution >= 4 is 16.8 Å². The summed E-state index contributed by atoms with van der Waals surface area (Å²) in [5.41, 5.74) is 7.39. The van der Waals surface area contributed by atoms with Gasteiger partial charge >= 0.3 is 0 Å². The van der Waals surface area contributed by atoms with Gasteiger partial charge in [-0.25, -0.2) is 8.60 Å². The fraction of sp³-hybridized carbons (Fsp3) is 0.364. The molecule has 7 heteroatoms. The highest BCUT2D eigenvalue weighted by molar-refractivity contribution is 7.79. The number of hydrogen-bond acceptors (Lipinski definition) is 4. The second-order valence-electron chi connectivity index (χ2n) is 3.47. The van der Waals surface area contributed by atoms with Crippen LogP contribution in [0.5, 0.6) is 0 Å². The third-order valence-corrected chi connectivity index (χ3v) is 2.57. The molecule has 0 radical (unpaired) electrons. The average molecular weight is 274 g/mol. The molecule has 0 aliphatic carbocycles. The Bertz CT molecular complexity index is 466. The molecule has 0 amide bonds. The number of benzene rings is 1. The fourth-order valence-corrected chi connectivity index (χ4v) is 1.61. The van der Waals surface area contributed by atoms with Crippen LogP contribution in [0.4, 0.5) is 4.39 Å². The first-order chi connectivity index (χ1) is 8.58. The summed E-state index contributed by atoms with van der Waals surface area (Å²) in [6.45, 7) is 2.03. The van der Waals surface area contributed by atoms with E-state index in [9.17, 15) is 8.60 Å². The topological polar surface area (TPSA) is 84.9 Å². The van der Waals surface area contributed by atoms with E-state index >= 15 is 0 Å². The van der Waals surface area contributed by atoms with Gasteiger partial charge in [0.15, 0.2) is 11.1 Å². The summed E-state index contributed by atoms with van der Waals surface area (Å²) >= 11 is -2.07. The molecule has 3 N–H and O–H groups in total. The summed E-state index contributed by atoms with van der Waals surface area (Å²) in [4.78, 5) is 4.74. The standard InChI is InChI=1S/C11H15FN2O3S/c1-2-11(14-17-7-18(15)16)10-4-3-9(12)5-8(10)6-13/h3-5H,2,6-7,13H2,1H3,(H,15,16). The SMILES string of the molecule is CCC(=NOCS(=O)O)c1ccc(F)cc1CN. The molecule has 0 saturated carbocycles. The first-order valence-electron chi connectivity index (χ1n) is 5.33. The van der Waals surface area contributed by atoms with E-state index in [2.05, 4.69) is 5.16 Å². The third-order valence-electron chi connectivity index (χ3n) is 2.26. The normalized spacial score (nSPS) is 13.4.